The van der Waals surface area contributed by atoms with E-state index >= 15 is 0 Å². The molecule has 0 radical (unpaired) electrons. The molecule has 0 aliphatic heterocycles. The Morgan fingerprint density at radius 2 is 2.24 bits per heavy atom. The summed E-state index contributed by atoms with van der Waals surface area (Å²) in [5.41, 5.74) is 1.63. The van der Waals surface area contributed by atoms with Crippen molar-refractivity contribution < 1.29 is 4.42 Å². The molecular weight excluding hydrogens is 212 g/mol. The number of furan rings is 1. The van der Waals surface area contributed by atoms with Crippen LogP contribution in [0.25, 0.3) is 0 Å². The zero-order valence-corrected chi connectivity index (χ0v) is 9.68. The summed E-state index contributed by atoms with van der Waals surface area (Å²) in [6.45, 7) is 2.08. The van der Waals surface area contributed by atoms with Gasteiger partial charge >= 0.3 is 0 Å². The standard InChI is InChI=1S/C14H14N2O/c1-11(8-14-6-3-7-17-14)16-13-5-2-4-12(9-13)10-15/h2-7,9,11,16H,8H2,1H3. The molecule has 1 unspecified atom stereocenters. The van der Waals surface area contributed by atoms with Gasteiger partial charge in [0.15, 0.2) is 0 Å². The maximum Gasteiger partial charge on any atom is 0.105 e. The van der Waals surface area contributed by atoms with Gasteiger partial charge in [0.1, 0.15) is 5.76 Å². The van der Waals surface area contributed by atoms with Gasteiger partial charge in [-0.2, -0.15) is 5.26 Å². The van der Waals surface area contributed by atoms with E-state index in [1.165, 1.54) is 0 Å². The Balaban J connectivity index is 1.98. The lowest BCUT2D eigenvalue weighted by atomic mass is 10.1. The number of rotatable bonds is 4. The Labute approximate surface area is 101 Å². The minimum Gasteiger partial charge on any atom is -0.469 e. The molecule has 0 bridgehead atoms. The molecule has 0 saturated heterocycles. The van der Waals surface area contributed by atoms with Gasteiger partial charge in [-0.25, -0.2) is 0 Å². The topological polar surface area (TPSA) is 49.0 Å². The Hall–Kier alpha value is -2.21. The number of hydrogen-bond acceptors (Lipinski definition) is 3. The molecule has 0 spiro atoms. The number of nitriles is 1. The van der Waals surface area contributed by atoms with Crippen LogP contribution in [0.15, 0.2) is 47.1 Å². The van der Waals surface area contributed by atoms with Crippen molar-refractivity contribution in [3.8, 4) is 6.07 Å². The van der Waals surface area contributed by atoms with E-state index in [2.05, 4.69) is 18.3 Å². The van der Waals surface area contributed by atoms with Crippen LogP contribution in [0.5, 0.6) is 0 Å². The van der Waals surface area contributed by atoms with Crippen LogP contribution < -0.4 is 5.32 Å². The fourth-order valence-corrected chi connectivity index (χ4v) is 1.74. The van der Waals surface area contributed by atoms with Crippen molar-refractivity contribution in [2.24, 2.45) is 0 Å². The first-order chi connectivity index (χ1) is 8.28. The third-order valence-electron chi connectivity index (χ3n) is 2.49. The minimum absolute atomic E-state index is 0.259. The summed E-state index contributed by atoms with van der Waals surface area (Å²) in [7, 11) is 0. The van der Waals surface area contributed by atoms with Crippen molar-refractivity contribution in [2.75, 3.05) is 5.32 Å². The zero-order valence-electron chi connectivity index (χ0n) is 9.68. The zero-order chi connectivity index (χ0) is 12.1. The molecule has 86 valence electrons. The van der Waals surface area contributed by atoms with Crippen LogP contribution >= 0.6 is 0 Å². The van der Waals surface area contributed by atoms with Gasteiger partial charge in [0, 0.05) is 18.2 Å². The lowest BCUT2D eigenvalue weighted by Crippen LogP contribution is -2.17. The molecule has 0 aliphatic carbocycles. The molecule has 0 aliphatic rings. The lowest BCUT2D eigenvalue weighted by Gasteiger charge is -2.13. The highest BCUT2D eigenvalue weighted by molar-refractivity contribution is 5.49. The summed E-state index contributed by atoms with van der Waals surface area (Å²) < 4.78 is 5.29. The quantitative estimate of drug-likeness (QED) is 0.870. The molecule has 1 aromatic carbocycles. The second kappa shape index (κ2) is 5.22. The van der Waals surface area contributed by atoms with Crippen LogP contribution in [0, 0.1) is 11.3 Å². The van der Waals surface area contributed by atoms with Crippen molar-refractivity contribution in [2.45, 2.75) is 19.4 Å². The predicted molar refractivity (Wildman–Crippen MR) is 66.7 cm³/mol. The molecule has 1 atom stereocenters. The van der Waals surface area contributed by atoms with E-state index in [1.807, 2.05) is 30.3 Å². The SMILES string of the molecule is CC(Cc1ccco1)Nc1cccc(C#N)c1. The van der Waals surface area contributed by atoms with Gasteiger partial charge in [-0.1, -0.05) is 6.07 Å². The molecule has 1 aromatic heterocycles. The third-order valence-corrected chi connectivity index (χ3v) is 2.49. The smallest absolute Gasteiger partial charge is 0.105 e. The summed E-state index contributed by atoms with van der Waals surface area (Å²) >= 11 is 0. The van der Waals surface area contributed by atoms with E-state index in [-0.39, 0.29) is 6.04 Å². The normalized spacial score (nSPS) is 11.8. The van der Waals surface area contributed by atoms with Gasteiger partial charge in [-0.15, -0.1) is 0 Å². The average molecular weight is 226 g/mol. The van der Waals surface area contributed by atoms with Crippen LogP contribution in [0.1, 0.15) is 18.2 Å². The van der Waals surface area contributed by atoms with Crippen molar-refractivity contribution >= 4 is 5.69 Å². The first kappa shape index (κ1) is 11.3. The van der Waals surface area contributed by atoms with E-state index in [1.54, 1.807) is 12.3 Å². The Morgan fingerprint density at radius 3 is 2.94 bits per heavy atom. The molecule has 1 N–H and O–H groups in total. The Morgan fingerprint density at radius 1 is 1.35 bits per heavy atom. The van der Waals surface area contributed by atoms with Crippen molar-refractivity contribution in [3.63, 3.8) is 0 Å². The molecular formula is C14H14N2O. The molecule has 0 saturated carbocycles. The highest BCUT2D eigenvalue weighted by Gasteiger charge is 2.05. The number of anilines is 1. The van der Waals surface area contributed by atoms with E-state index in [4.69, 9.17) is 9.68 Å². The number of nitrogens with zero attached hydrogens (tertiary/aromatic N) is 1. The van der Waals surface area contributed by atoms with Crippen LogP contribution in [0.2, 0.25) is 0 Å². The van der Waals surface area contributed by atoms with Gasteiger partial charge in [0.2, 0.25) is 0 Å². The van der Waals surface area contributed by atoms with Gasteiger partial charge in [-0.3, -0.25) is 0 Å². The van der Waals surface area contributed by atoms with Gasteiger partial charge in [0.25, 0.3) is 0 Å². The molecule has 0 fully saturated rings. The lowest BCUT2D eigenvalue weighted by molar-refractivity contribution is 0.498. The Bertz CT molecular complexity index is 511. The van der Waals surface area contributed by atoms with E-state index in [0.717, 1.165) is 17.9 Å². The molecule has 2 rings (SSSR count). The summed E-state index contributed by atoms with van der Waals surface area (Å²) in [4.78, 5) is 0. The first-order valence-corrected chi connectivity index (χ1v) is 5.57. The largest absolute Gasteiger partial charge is 0.469 e. The highest BCUT2D eigenvalue weighted by Crippen LogP contribution is 2.13. The van der Waals surface area contributed by atoms with Crippen LogP contribution in [-0.4, -0.2) is 6.04 Å². The van der Waals surface area contributed by atoms with Crippen molar-refractivity contribution in [3.05, 3.63) is 54.0 Å². The average Bonchev–Trinajstić information content (AvgIpc) is 2.82. The van der Waals surface area contributed by atoms with E-state index in [0.29, 0.717) is 5.56 Å². The maximum atomic E-state index is 8.81. The van der Waals surface area contributed by atoms with E-state index < -0.39 is 0 Å². The highest BCUT2D eigenvalue weighted by atomic mass is 16.3. The Kier molecular flexibility index (Phi) is 3.46. The maximum absolute atomic E-state index is 8.81. The number of nitrogens with one attached hydrogen (secondary N) is 1. The van der Waals surface area contributed by atoms with Crippen LogP contribution in [0.4, 0.5) is 5.69 Å². The number of hydrogen-bond donors (Lipinski definition) is 1. The summed E-state index contributed by atoms with van der Waals surface area (Å²) in [5, 5.41) is 12.2. The second-order valence-corrected chi connectivity index (χ2v) is 4.02. The van der Waals surface area contributed by atoms with Crippen LogP contribution in [-0.2, 0) is 6.42 Å². The van der Waals surface area contributed by atoms with Crippen molar-refractivity contribution in [1.82, 2.24) is 0 Å². The van der Waals surface area contributed by atoms with Gasteiger partial charge < -0.3 is 9.73 Å². The molecule has 0 amide bonds. The van der Waals surface area contributed by atoms with E-state index in [9.17, 15) is 0 Å². The molecule has 3 heteroatoms. The summed E-state index contributed by atoms with van der Waals surface area (Å²) in [6, 6.07) is 13.7. The summed E-state index contributed by atoms with van der Waals surface area (Å²) in [6.07, 6.45) is 2.50. The van der Waals surface area contributed by atoms with Gasteiger partial charge in [0.05, 0.1) is 17.9 Å². The molecule has 3 nitrogen and oxygen atoms in total. The first-order valence-electron chi connectivity index (χ1n) is 5.57. The van der Waals surface area contributed by atoms with Crippen LogP contribution in [0.3, 0.4) is 0 Å². The monoisotopic (exact) mass is 226 g/mol. The third kappa shape index (κ3) is 3.12. The molecule has 17 heavy (non-hydrogen) atoms. The fourth-order valence-electron chi connectivity index (χ4n) is 1.74. The molecule has 2 aromatic rings. The number of benzene rings is 1. The van der Waals surface area contributed by atoms with Crippen molar-refractivity contribution in [1.29, 1.82) is 5.26 Å². The van der Waals surface area contributed by atoms with Gasteiger partial charge in [-0.05, 0) is 37.3 Å². The minimum atomic E-state index is 0.259. The second-order valence-electron chi connectivity index (χ2n) is 4.02. The summed E-state index contributed by atoms with van der Waals surface area (Å²) in [5.74, 6) is 0.960. The fraction of sp³-hybridized carbons (Fsp3) is 0.214. The predicted octanol–water partition coefficient (Wildman–Crippen LogP) is 3.19. The molecule has 1 heterocycles.